The molecule has 3 nitrogen and oxygen atoms in total. The van der Waals surface area contributed by atoms with Crippen LogP contribution in [0.2, 0.25) is 10.0 Å². The molecular formula is C19H13Cl2N3. The summed E-state index contributed by atoms with van der Waals surface area (Å²) in [5.74, 6) is 0. The maximum absolute atomic E-state index is 6.15. The van der Waals surface area contributed by atoms with E-state index in [1.165, 1.54) is 0 Å². The van der Waals surface area contributed by atoms with E-state index in [1.54, 1.807) is 6.20 Å². The van der Waals surface area contributed by atoms with Gasteiger partial charge in [0.25, 0.3) is 0 Å². The van der Waals surface area contributed by atoms with Crippen LogP contribution in [0.4, 0.5) is 0 Å². The summed E-state index contributed by atoms with van der Waals surface area (Å²) in [6, 6.07) is 17.4. The third kappa shape index (κ3) is 2.56. The van der Waals surface area contributed by atoms with Crippen molar-refractivity contribution in [3.63, 3.8) is 0 Å². The number of fused-ring (bicyclic) bond motifs is 1. The number of nitrogens with zero attached hydrogens (tertiary/aromatic N) is 3. The molecule has 0 unspecified atom stereocenters. The third-order valence-corrected chi connectivity index (χ3v) is 4.43. The highest BCUT2D eigenvalue weighted by Crippen LogP contribution is 2.31. The standard InChI is InChI=1S/C19H13Cl2N3/c1-12-18(14-3-2-4-16(21)11-14)19-22-10-9-17(24(19)23-12)13-5-7-15(20)8-6-13/h2-11H,1H3. The minimum atomic E-state index is 0.695. The quantitative estimate of drug-likeness (QED) is 0.464. The van der Waals surface area contributed by atoms with Crippen molar-refractivity contribution >= 4 is 28.8 Å². The van der Waals surface area contributed by atoms with Crippen LogP contribution in [0.1, 0.15) is 5.69 Å². The highest BCUT2D eigenvalue weighted by atomic mass is 35.5. The Hall–Kier alpha value is -2.36. The number of benzene rings is 2. The van der Waals surface area contributed by atoms with Gasteiger partial charge in [-0.1, -0.05) is 47.5 Å². The Morgan fingerprint density at radius 3 is 2.42 bits per heavy atom. The average molecular weight is 354 g/mol. The molecular weight excluding hydrogens is 341 g/mol. The van der Waals surface area contributed by atoms with Crippen molar-refractivity contribution in [1.29, 1.82) is 0 Å². The Morgan fingerprint density at radius 2 is 1.67 bits per heavy atom. The van der Waals surface area contributed by atoms with Crippen LogP contribution in [0, 0.1) is 6.92 Å². The van der Waals surface area contributed by atoms with E-state index in [2.05, 4.69) is 4.98 Å². The van der Waals surface area contributed by atoms with Gasteiger partial charge >= 0.3 is 0 Å². The molecule has 4 rings (SSSR count). The largest absolute Gasteiger partial charge is 0.236 e. The second kappa shape index (κ2) is 5.93. The lowest BCUT2D eigenvalue weighted by Crippen LogP contribution is -1.95. The summed E-state index contributed by atoms with van der Waals surface area (Å²) in [5, 5.41) is 6.10. The molecule has 5 heteroatoms. The van der Waals surface area contributed by atoms with Crippen LogP contribution in [-0.4, -0.2) is 14.6 Å². The minimum Gasteiger partial charge on any atom is -0.236 e. The molecule has 0 aliphatic heterocycles. The van der Waals surface area contributed by atoms with Gasteiger partial charge in [-0.05, 0) is 42.8 Å². The summed E-state index contributed by atoms with van der Waals surface area (Å²) < 4.78 is 1.87. The molecule has 0 amide bonds. The van der Waals surface area contributed by atoms with E-state index >= 15 is 0 Å². The first kappa shape index (κ1) is 15.2. The Balaban J connectivity index is 1.97. The van der Waals surface area contributed by atoms with Crippen LogP contribution in [0.5, 0.6) is 0 Å². The number of halogens is 2. The zero-order valence-corrected chi connectivity index (χ0v) is 14.4. The van der Waals surface area contributed by atoms with Crippen LogP contribution >= 0.6 is 23.2 Å². The number of aromatic nitrogens is 3. The zero-order valence-electron chi connectivity index (χ0n) is 12.9. The summed E-state index contributed by atoms with van der Waals surface area (Å²) >= 11 is 12.1. The number of hydrogen-bond donors (Lipinski definition) is 0. The van der Waals surface area contributed by atoms with Crippen molar-refractivity contribution in [2.45, 2.75) is 6.92 Å². The van der Waals surface area contributed by atoms with Crippen molar-refractivity contribution in [3.05, 3.63) is 76.5 Å². The molecule has 0 bridgehead atoms. The van der Waals surface area contributed by atoms with E-state index in [0.29, 0.717) is 10.0 Å². The van der Waals surface area contributed by atoms with Gasteiger partial charge in [0.2, 0.25) is 0 Å². The van der Waals surface area contributed by atoms with Crippen molar-refractivity contribution in [3.8, 4) is 22.4 Å². The van der Waals surface area contributed by atoms with Gasteiger partial charge in [-0.25, -0.2) is 9.50 Å². The molecule has 24 heavy (non-hydrogen) atoms. The van der Waals surface area contributed by atoms with Crippen molar-refractivity contribution in [2.75, 3.05) is 0 Å². The maximum atomic E-state index is 6.15. The van der Waals surface area contributed by atoms with Crippen molar-refractivity contribution < 1.29 is 0 Å². The highest BCUT2D eigenvalue weighted by molar-refractivity contribution is 6.31. The molecule has 4 aromatic rings. The first-order valence-corrected chi connectivity index (χ1v) is 8.25. The normalized spacial score (nSPS) is 11.1. The van der Waals surface area contributed by atoms with Crippen LogP contribution < -0.4 is 0 Å². The molecule has 0 radical (unpaired) electrons. The smallest absolute Gasteiger partial charge is 0.163 e. The number of hydrogen-bond acceptors (Lipinski definition) is 2. The summed E-state index contributed by atoms with van der Waals surface area (Å²) in [4.78, 5) is 4.54. The molecule has 2 heterocycles. The Kier molecular flexibility index (Phi) is 3.75. The van der Waals surface area contributed by atoms with Crippen LogP contribution in [0.25, 0.3) is 28.0 Å². The van der Waals surface area contributed by atoms with E-state index in [0.717, 1.165) is 33.7 Å². The SMILES string of the molecule is Cc1nn2c(-c3ccc(Cl)cc3)ccnc2c1-c1cccc(Cl)c1. The lowest BCUT2D eigenvalue weighted by atomic mass is 10.1. The van der Waals surface area contributed by atoms with Crippen molar-refractivity contribution in [1.82, 2.24) is 14.6 Å². The lowest BCUT2D eigenvalue weighted by Gasteiger charge is -2.05. The van der Waals surface area contributed by atoms with Gasteiger partial charge < -0.3 is 0 Å². The van der Waals surface area contributed by atoms with Gasteiger partial charge in [-0.2, -0.15) is 5.10 Å². The van der Waals surface area contributed by atoms with E-state index in [9.17, 15) is 0 Å². The van der Waals surface area contributed by atoms with Gasteiger partial charge in [0.1, 0.15) is 0 Å². The highest BCUT2D eigenvalue weighted by Gasteiger charge is 2.15. The first-order chi connectivity index (χ1) is 11.6. The van der Waals surface area contributed by atoms with Crippen LogP contribution in [0.3, 0.4) is 0 Å². The predicted molar refractivity (Wildman–Crippen MR) is 98.6 cm³/mol. The van der Waals surface area contributed by atoms with Crippen LogP contribution in [0.15, 0.2) is 60.8 Å². The molecule has 0 spiro atoms. The minimum absolute atomic E-state index is 0.695. The fourth-order valence-electron chi connectivity index (χ4n) is 2.87. The van der Waals surface area contributed by atoms with Gasteiger partial charge in [0.15, 0.2) is 5.65 Å². The molecule has 0 atom stereocenters. The molecule has 0 N–H and O–H groups in total. The fourth-order valence-corrected chi connectivity index (χ4v) is 3.19. The van der Waals surface area contributed by atoms with E-state index in [1.807, 2.05) is 66.0 Å². The van der Waals surface area contributed by atoms with E-state index < -0.39 is 0 Å². The molecule has 2 aromatic heterocycles. The molecule has 0 aliphatic carbocycles. The summed E-state index contributed by atoms with van der Waals surface area (Å²) in [7, 11) is 0. The molecule has 2 aromatic carbocycles. The van der Waals surface area contributed by atoms with Crippen LogP contribution in [-0.2, 0) is 0 Å². The molecule has 0 fully saturated rings. The van der Waals surface area contributed by atoms with Crippen molar-refractivity contribution in [2.24, 2.45) is 0 Å². The number of rotatable bonds is 2. The van der Waals surface area contributed by atoms with Gasteiger partial charge in [-0.3, -0.25) is 0 Å². The van der Waals surface area contributed by atoms with E-state index in [-0.39, 0.29) is 0 Å². The Morgan fingerprint density at radius 1 is 0.875 bits per heavy atom. The Bertz CT molecular complexity index is 1040. The number of aryl methyl sites for hydroxylation is 1. The summed E-state index contributed by atoms with van der Waals surface area (Å²) in [6.07, 6.45) is 1.80. The van der Waals surface area contributed by atoms with Gasteiger partial charge in [0.05, 0.1) is 11.4 Å². The van der Waals surface area contributed by atoms with Gasteiger partial charge in [0, 0.05) is 27.4 Å². The van der Waals surface area contributed by atoms with E-state index in [4.69, 9.17) is 28.3 Å². The molecule has 0 saturated heterocycles. The topological polar surface area (TPSA) is 30.2 Å². The first-order valence-electron chi connectivity index (χ1n) is 7.50. The molecule has 0 saturated carbocycles. The summed E-state index contributed by atoms with van der Waals surface area (Å²) in [6.45, 7) is 1.98. The van der Waals surface area contributed by atoms with Gasteiger partial charge in [-0.15, -0.1) is 0 Å². The lowest BCUT2D eigenvalue weighted by molar-refractivity contribution is 0.925. The Labute approximate surface area is 149 Å². The predicted octanol–water partition coefficient (Wildman–Crippen LogP) is 5.68. The summed E-state index contributed by atoms with van der Waals surface area (Å²) in [5.41, 5.74) is 5.72. The average Bonchev–Trinajstić information content (AvgIpc) is 2.91. The molecule has 118 valence electrons. The molecule has 0 aliphatic rings. The third-order valence-electron chi connectivity index (χ3n) is 3.95. The second-order valence-electron chi connectivity index (χ2n) is 5.54. The maximum Gasteiger partial charge on any atom is 0.163 e. The fraction of sp³-hybridized carbons (Fsp3) is 0.0526. The second-order valence-corrected chi connectivity index (χ2v) is 6.42. The monoisotopic (exact) mass is 353 g/mol. The zero-order chi connectivity index (χ0) is 16.7.